The molecular weight excluding hydrogens is 305 g/mol. The van der Waals surface area contributed by atoms with Crippen LogP contribution in [0.1, 0.15) is 24.5 Å². The fourth-order valence-corrected chi connectivity index (χ4v) is 2.63. The highest BCUT2D eigenvalue weighted by Gasteiger charge is 2.11. The van der Waals surface area contributed by atoms with Crippen LogP contribution in [0.15, 0.2) is 42.5 Å². The average molecular weight is 324 g/mol. The molecule has 112 valence electrons. The van der Waals surface area contributed by atoms with Crippen LogP contribution in [0.2, 0.25) is 10.0 Å². The number of nitrogens with one attached hydrogen (secondary N) is 1. The monoisotopic (exact) mass is 323 g/mol. The minimum absolute atomic E-state index is 0.489. The van der Waals surface area contributed by atoms with Gasteiger partial charge in [-0.25, -0.2) is 0 Å². The maximum Gasteiger partial charge on any atom is 0.142 e. The topological polar surface area (TPSA) is 21.3 Å². The first-order chi connectivity index (χ1) is 10.2. The Bertz CT molecular complexity index is 573. The van der Waals surface area contributed by atoms with Crippen molar-refractivity contribution in [2.24, 2.45) is 0 Å². The molecule has 0 saturated carbocycles. The first-order valence-electron chi connectivity index (χ1n) is 7.06. The van der Waals surface area contributed by atoms with E-state index in [2.05, 4.69) is 12.2 Å². The summed E-state index contributed by atoms with van der Waals surface area (Å²) in [7, 11) is 0. The Morgan fingerprint density at radius 2 is 1.86 bits per heavy atom. The Morgan fingerprint density at radius 1 is 1.10 bits per heavy atom. The molecule has 2 aromatic carbocycles. The number of rotatable bonds is 7. The summed E-state index contributed by atoms with van der Waals surface area (Å²) < 4.78 is 5.91. The lowest BCUT2D eigenvalue weighted by molar-refractivity contribution is 0.302. The third kappa shape index (κ3) is 4.92. The summed E-state index contributed by atoms with van der Waals surface area (Å²) in [6, 6.07) is 13.6. The molecule has 0 spiro atoms. The summed E-state index contributed by atoms with van der Waals surface area (Å²) in [5.41, 5.74) is 2.09. The maximum absolute atomic E-state index is 6.28. The molecule has 0 amide bonds. The standard InChI is InChI=1S/C17H19Cl2NO/c1-2-8-20-11-14-9-15(18)10-16(19)17(14)21-12-13-6-4-3-5-7-13/h3-7,9-10,20H,2,8,11-12H2,1H3. The molecule has 0 aliphatic heterocycles. The van der Waals surface area contributed by atoms with Gasteiger partial charge < -0.3 is 10.1 Å². The van der Waals surface area contributed by atoms with Crippen LogP contribution < -0.4 is 10.1 Å². The predicted molar refractivity (Wildman–Crippen MR) is 89.2 cm³/mol. The number of hydrogen-bond donors (Lipinski definition) is 1. The molecule has 2 aromatic rings. The normalized spacial score (nSPS) is 10.6. The van der Waals surface area contributed by atoms with Crippen molar-refractivity contribution in [2.45, 2.75) is 26.5 Å². The molecule has 2 nitrogen and oxygen atoms in total. The quantitative estimate of drug-likeness (QED) is 0.718. The molecule has 0 atom stereocenters. The van der Waals surface area contributed by atoms with Crippen molar-refractivity contribution in [3.8, 4) is 5.75 Å². The van der Waals surface area contributed by atoms with Crippen molar-refractivity contribution in [1.82, 2.24) is 5.32 Å². The van der Waals surface area contributed by atoms with Gasteiger partial charge in [0.05, 0.1) is 5.02 Å². The van der Waals surface area contributed by atoms with Crippen LogP contribution in [-0.4, -0.2) is 6.54 Å². The second-order valence-corrected chi connectivity index (χ2v) is 5.67. The third-order valence-corrected chi connectivity index (χ3v) is 3.55. The fraction of sp³-hybridized carbons (Fsp3) is 0.294. The molecular formula is C17H19Cl2NO. The lowest BCUT2D eigenvalue weighted by atomic mass is 10.2. The lowest BCUT2D eigenvalue weighted by Crippen LogP contribution is -2.15. The highest BCUT2D eigenvalue weighted by molar-refractivity contribution is 6.35. The van der Waals surface area contributed by atoms with E-state index < -0.39 is 0 Å². The molecule has 0 bridgehead atoms. The molecule has 0 heterocycles. The average Bonchev–Trinajstić information content (AvgIpc) is 2.47. The van der Waals surface area contributed by atoms with Gasteiger partial charge in [-0.05, 0) is 30.7 Å². The smallest absolute Gasteiger partial charge is 0.142 e. The van der Waals surface area contributed by atoms with Gasteiger partial charge in [-0.1, -0.05) is 60.5 Å². The number of benzene rings is 2. The Balaban J connectivity index is 2.12. The number of halogens is 2. The van der Waals surface area contributed by atoms with E-state index in [0.29, 0.717) is 28.9 Å². The molecule has 1 N–H and O–H groups in total. The van der Waals surface area contributed by atoms with Crippen LogP contribution >= 0.6 is 23.2 Å². The van der Waals surface area contributed by atoms with E-state index in [4.69, 9.17) is 27.9 Å². The zero-order chi connectivity index (χ0) is 15.1. The van der Waals surface area contributed by atoms with Crippen molar-refractivity contribution in [1.29, 1.82) is 0 Å². The minimum Gasteiger partial charge on any atom is -0.487 e. The van der Waals surface area contributed by atoms with Crippen LogP contribution in [0, 0.1) is 0 Å². The molecule has 0 aromatic heterocycles. The van der Waals surface area contributed by atoms with E-state index in [1.807, 2.05) is 36.4 Å². The van der Waals surface area contributed by atoms with Crippen molar-refractivity contribution in [3.63, 3.8) is 0 Å². The molecule has 0 aliphatic carbocycles. The Kier molecular flexibility index (Phi) is 6.37. The van der Waals surface area contributed by atoms with Crippen LogP contribution in [0.25, 0.3) is 0 Å². The van der Waals surface area contributed by atoms with Crippen molar-refractivity contribution < 1.29 is 4.74 Å². The van der Waals surface area contributed by atoms with Gasteiger partial charge in [0.2, 0.25) is 0 Å². The second kappa shape index (κ2) is 8.28. The van der Waals surface area contributed by atoms with Crippen LogP contribution in [-0.2, 0) is 13.2 Å². The minimum atomic E-state index is 0.489. The Labute approximate surface area is 136 Å². The summed E-state index contributed by atoms with van der Waals surface area (Å²) in [5, 5.41) is 4.52. The van der Waals surface area contributed by atoms with Gasteiger partial charge in [0.1, 0.15) is 12.4 Å². The van der Waals surface area contributed by atoms with Crippen LogP contribution in [0.4, 0.5) is 0 Å². The van der Waals surface area contributed by atoms with Crippen molar-refractivity contribution in [3.05, 3.63) is 63.6 Å². The zero-order valence-electron chi connectivity index (χ0n) is 12.0. The highest BCUT2D eigenvalue weighted by atomic mass is 35.5. The van der Waals surface area contributed by atoms with Gasteiger partial charge in [-0.2, -0.15) is 0 Å². The van der Waals surface area contributed by atoms with E-state index in [1.165, 1.54) is 0 Å². The van der Waals surface area contributed by atoms with Gasteiger partial charge in [0.25, 0.3) is 0 Å². The van der Waals surface area contributed by atoms with Gasteiger partial charge >= 0.3 is 0 Å². The largest absolute Gasteiger partial charge is 0.487 e. The molecule has 0 radical (unpaired) electrons. The molecule has 2 rings (SSSR count). The maximum atomic E-state index is 6.28. The molecule has 0 unspecified atom stereocenters. The molecule has 21 heavy (non-hydrogen) atoms. The highest BCUT2D eigenvalue weighted by Crippen LogP contribution is 2.33. The SMILES string of the molecule is CCCNCc1cc(Cl)cc(Cl)c1OCc1ccccc1. The van der Waals surface area contributed by atoms with Crippen LogP contribution in [0.5, 0.6) is 5.75 Å². The summed E-state index contributed by atoms with van der Waals surface area (Å²) in [5.74, 6) is 0.702. The van der Waals surface area contributed by atoms with Gasteiger partial charge in [-0.15, -0.1) is 0 Å². The van der Waals surface area contributed by atoms with E-state index in [9.17, 15) is 0 Å². The first-order valence-corrected chi connectivity index (χ1v) is 7.81. The summed E-state index contributed by atoms with van der Waals surface area (Å²) in [4.78, 5) is 0. The molecule has 4 heteroatoms. The fourth-order valence-electron chi connectivity index (χ4n) is 2.04. The summed E-state index contributed by atoms with van der Waals surface area (Å²) >= 11 is 12.4. The van der Waals surface area contributed by atoms with Gasteiger partial charge in [-0.3, -0.25) is 0 Å². The van der Waals surface area contributed by atoms with E-state index in [-0.39, 0.29) is 0 Å². The van der Waals surface area contributed by atoms with E-state index in [1.54, 1.807) is 6.07 Å². The Morgan fingerprint density at radius 3 is 2.57 bits per heavy atom. The zero-order valence-corrected chi connectivity index (χ0v) is 13.5. The van der Waals surface area contributed by atoms with Crippen LogP contribution in [0.3, 0.4) is 0 Å². The lowest BCUT2D eigenvalue weighted by Gasteiger charge is -2.14. The number of hydrogen-bond acceptors (Lipinski definition) is 2. The van der Waals surface area contributed by atoms with E-state index >= 15 is 0 Å². The molecule has 0 fully saturated rings. The predicted octanol–water partition coefficient (Wildman–Crippen LogP) is 5.07. The van der Waals surface area contributed by atoms with Gasteiger partial charge in [0, 0.05) is 17.1 Å². The third-order valence-electron chi connectivity index (χ3n) is 3.05. The molecule has 0 saturated heterocycles. The van der Waals surface area contributed by atoms with Crippen molar-refractivity contribution in [2.75, 3.05) is 6.54 Å². The summed E-state index contributed by atoms with van der Waals surface area (Å²) in [6.45, 7) is 4.26. The van der Waals surface area contributed by atoms with Crippen molar-refractivity contribution >= 4 is 23.2 Å². The molecule has 0 aliphatic rings. The number of ether oxygens (including phenoxy) is 1. The van der Waals surface area contributed by atoms with E-state index in [0.717, 1.165) is 24.1 Å². The van der Waals surface area contributed by atoms with Gasteiger partial charge in [0.15, 0.2) is 0 Å². The Hall–Kier alpha value is -1.22. The first kappa shape index (κ1) is 16.2. The summed E-state index contributed by atoms with van der Waals surface area (Å²) in [6.07, 6.45) is 1.08. The second-order valence-electron chi connectivity index (χ2n) is 4.83.